The molecule has 0 bridgehead atoms. The highest BCUT2D eigenvalue weighted by atomic mass is 16.2. The Bertz CT molecular complexity index is 995. The maximum absolute atomic E-state index is 12.8. The molecule has 29 heavy (non-hydrogen) atoms. The highest BCUT2D eigenvalue weighted by Crippen LogP contribution is 2.18. The minimum Gasteiger partial charge on any atom is -0.376 e. The molecule has 0 aliphatic heterocycles. The molecule has 0 heterocycles. The molecule has 5 heteroatoms. The van der Waals surface area contributed by atoms with Crippen LogP contribution in [-0.2, 0) is 4.79 Å². The number of benzene rings is 3. The molecule has 0 saturated heterocycles. The number of carbonyl (C=O) groups excluding carboxylic acids is 2. The summed E-state index contributed by atoms with van der Waals surface area (Å²) in [6, 6.07) is 22.5. The Morgan fingerprint density at radius 1 is 0.828 bits per heavy atom. The Hall–Kier alpha value is -3.60. The SMILES string of the molecule is Cc1cc(C)cc(NCC(=O)Nc2cccc(C(=O)N(C)c3ccccc3)c2)c1. The van der Waals surface area contributed by atoms with Crippen molar-refractivity contribution < 1.29 is 9.59 Å². The summed E-state index contributed by atoms with van der Waals surface area (Å²) in [6.45, 7) is 4.19. The Morgan fingerprint density at radius 2 is 1.52 bits per heavy atom. The van der Waals surface area contributed by atoms with Gasteiger partial charge in [-0.05, 0) is 67.4 Å². The molecule has 0 radical (unpaired) electrons. The lowest BCUT2D eigenvalue weighted by Gasteiger charge is -2.18. The Kier molecular flexibility index (Phi) is 6.29. The van der Waals surface area contributed by atoms with Crippen LogP contribution in [0.25, 0.3) is 0 Å². The molecule has 2 N–H and O–H groups in total. The number of nitrogens with zero attached hydrogens (tertiary/aromatic N) is 1. The molecule has 148 valence electrons. The van der Waals surface area contributed by atoms with Crippen LogP contribution in [0.4, 0.5) is 17.1 Å². The third-order valence-electron chi connectivity index (χ3n) is 4.52. The van der Waals surface area contributed by atoms with Crippen molar-refractivity contribution in [1.29, 1.82) is 0 Å². The third-order valence-corrected chi connectivity index (χ3v) is 4.52. The van der Waals surface area contributed by atoms with Crippen molar-refractivity contribution in [3.05, 3.63) is 89.5 Å². The van der Waals surface area contributed by atoms with Crippen molar-refractivity contribution in [1.82, 2.24) is 0 Å². The molecule has 3 aromatic rings. The van der Waals surface area contributed by atoms with Gasteiger partial charge in [-0.3, -0.25) is 9.59 Å². The highest BCUT2D eigenvalue weighted by molar-refractivity contribution is 6.06. The minimum atomic E-state index is -0.176. The summed E-state index contributed by atoms with van der Waals surface area (Å²) in [5.74, 6) is -0.314. The fourth-order valence-corrected chi connectivity index (χ4v) is 3.16. The van der Waals surface area contributed by atoms with Gasteiger partial charge in [0.25, 0.3) is 5.91 Å². The van der Waals surface area contributed by atoms with Crippen molar-refractivity contribution in [2.45, 2.75) is 13.8 Å². The number of carbonyl (C=O) groups is 2. The molecule has 0 aromatic heterocycles. The van der Waals surface area contributed by atoms with Gasteiger partial charge in [0, 0.05) is 29.7 Å². The second-order valence-corrected chi connectivity index (χ2v) is 7.06. The van der Waals surface area contributed by atoms with E-state index in [2.05, 4.69) is 16.7 Å². The van der Waals surface area contributed by atoms with E-state index in [4.69, 9.17) is 0 Å². The van der Waals surface area contributed by atoms with E-state index in [0.717, 1.165) is 22.5 Å². The first-order valence-electron chi connectivity index (χ1n) is 9.47. The van der Waals surface area contributed by atoms with E-state index in [-0.39, 0.29) is 18.4 Å². The van der Waals surface area contributed by atoms with E-state index in [1.165, 1.54) is 0 Å². The lowest BCUT2D eigenvalue weighted by molar-refractivity contribution is -0.114. The predicted octanol–water partition coefficient (Wildman–Crippen LogP) is 4.63. The molecule has 3 aromatic carbocycles. The van der Waals surface area contributed by atoms with Gasteiger partial charge >= 0.3 is 0 Å². The predicted molar refractivity (Wildman–Crippen MR) is 119 cm³/mol. The van der Waals surface area contributed by atoms with Crippen LogP contribution in [0.15, 0.2) is 72.8 Å². The lowest BCUT2D eigenvalue weighted by atomic mass is 10.1. The van der Waals surface area contributed by atoms with Crippen LogP contribution in [0, 0.1) is 13.8 Å². The van der Waals surface area contributed by atoms with Gasteiger partial charge in [0.05, 0.1) is 6.54 Å². The summed E-state index contributed by atoms with van der Waals surface area (Å²) < 4.78 is 0. The Morgan fingerprint density at radius 3 is 2.21 bits per heavy atom. The number of aryl methyl sites for hydroxylation is 2. The van der Waals surface area contributed by atoms with E-state index in [1.54, 1.807) is 36.2 Å². The van der Waals surface area contributed by atoms with E-state index in [1.807, 2.05) is 56.3 Å². The number of hydrogen-bond donors (Lipinski definition) is 2. The summed E-state index contributed by atoms with van der Waals surface area (Å²) >= 11 is 0. The molecular formula is C24H25N3O2. The number of hydrogen-bond acceptors (Lipinski definition) is 3. The standard InChI is InChI=1S/C24H25N3O2/c1-17-12-18(2)14-21(13-17)25-16-23(28)26-20-9-7-8-19(15-20)24(29)27(3)22-10-5-4-6-11-22/h4-15,25H,16H2,1-3H3,(H,26,28). The largest absolute Gasteiger partial charge is 0.376 e. The van der Waals surface area contributed by atoms with Crippen LogP contribution in [0.3, 0.4) is 0 Å². The number of anilines is 3. The van der Waals surface area contributed by atoms with Crippen LogP contribution in [-0.4, -0.2) is 25.4 Å². The van der Waals surface area contributed by atoms with E-state index < -0.39 is 0 Å². The molecule has 2 amide bonds. The number of para-hydroxylation sites is 1. The quantitative estimate of drug-likeness (QED) is 0.648. The number of rotatable bonds is 6. The number of amides is 2. The van der Waals surface area contributed by atoms with Crippen LogP contribution in [0.2, 0.25) is 0 Å². The van der Waals surface area contributed by atoms with Gasteiger partial charge in [0.1, 0.15) is 0 Å². The topological polar surface area (TPSA) is 61.4 Å². The Balaban J connectivity index is 1.63. The summed E-state index contributed by atoms with van der Waals surface area (Å²) in [5.41, 5.74) is 5.10. The van der Waals surface area contributed by atoms with Crippen LogP contribution < -0.4 is 15.5 Å². The number of nitrogens with one attached hydrogen (secondary N) is 2. The summed E-state index contributed by atoms with van der Waals surface area (Å²) in [6.07, 6.45) is 0. The normalized spacial score (nSPS) is 10.3. The van der Waals surface area contributed by atoms with Gasteiger partial charge < -0.3 is 15.5 Å². The van der Waals surface area contributed by atoms with Crippen LogP contribution >= 0.6 is 0 Å². The summed E-state index contributed by atoms with van der Waals surface area (Å²) in [4.78, 5) is 26.7. The zero-order valence-electron chi connectivity index (χ0n) is 16.9. The average Bonchev–Trinajstić information content (AvgIpc) is 2.71. The molecule has 0 aliphatic carbocycles. The average molecular weight is 387 g/mol. The Labute approximate surface area is 171 Å². The highest BCUT2D eigenvalue weighted by Gasteiger charge is 2.14. The maximum Gasteiger partial charge on any atom is 0.258 e. The molecule has 0 aliphatic rings. The minimum absolute atomic E-state index is 0.138. The first-order valence-corrected chi connectivity index (χ1v) is 9.47. The monoisotopic (exact) mass is 387 g/mol. The van der Waals surface area contributed by atoms with Crippen LogP contribution in [0.1, 0.15) is 21.5 Å². The van der Waals surface area contributed by atoms with Gasteiger partial charge in [-0.25, -0.2) is 0 Å². The van der Waals surface area contributed by atoms with E-state index >= 15 is 0 Å². The molecule has 0 unspecified atom stereocenters. The smallest absolute Gasteiger partial charge is 0.258 e. The fourth-order valence-electron chi connectivity index (χ4n) is 3.16. The van der Waals surface area contributed by atoms with Gasteiger partial charge in [0.15, 0.2) is 0 Å². The van der Waals surface area contributed by atoms with E-state index in [0.29, 0.717) is 11.3 Å². The molecule has 0 atom stereocenters. The summed E-state index contributed by atoms with van der Waals surface area (Å²) in [5, 5.41) is 5.98. The molecular weight excluding hydrogens is 362 g/mol. The molecule has 0 spiro atoms. The molecule has 0 fully saturated rings. The molecule has 5 nitrogen and oxygen atoms in total. The zero-order valence-corrected chi connectivity index (χ0v) is 16.9. The van der Waals surface area contributed by atoms with Gasteiger partial charge in [0.2, 0.25) is 5.91 Å². The first-order chi connectivity index (χ1) is 13.9. The maximum atomic E-state index is 12.8. The first kappa shape index (κ1) is 20.1. The zero-order chi connectivity index (χ0) is 20.8. The van der Waals surface area contributed by atoms with Crippen molar-refractivity contribution in [3.8, 4) is 0 Å². The molecule has 0 saturated carbocycles. The summed E-state index contributed by atoms with van der Waals surface area (Å²) in [7, 11) is 1.73. The van der Waals surface area contributed by atoms with E-state index in [9.17, 15) is 9.59 Å². The van der Waals surface area contributed by atoms with Gasteiger partial charge in [-0.2, -0.15) is 0 Å². The van der Waals surface area contributed by atoms with Gasteiger partial charge in [-0.15, -0.1) is 0 Å². The second kappa shape index (κ2) is 9.06. The lowest BCUT2D eigenvalue weighted by Crippen LogP contribution is -2.26. The fraction of sp³-hybridized carbons (Fsp3) is 0.167. The van der Waals surface area contributed by atoms with Crippen molar-refractivity contribution in [3.63, 3.8) is 0 Å². The van der Waals surface area contributed by atoms with Crippen molar-refractivity contribution in [2.75, 3.05) is 29.1 Å². The van der Waals surface area contributed by atoms with Gasteiger partial charge in [-0.1, -0.05) is 30.3 Å². The second-order valence-electron chi connectivity index (χ2n) is 7.06. The third kappa shape index (κ3) is 5.45. The van der Waals surface area contributed by atoms with Crippen LogP contribution in [0.5, 0.6) is 0 Å². The molecule has 3 rings (SSSR count). The van der Waals surface area contributed by atoms with Crippen molar-refractivity contribution >= 4 is 28.9 Å². The van der Waals surface area contributed by atoms with Crippen molar-refractivity contribution in [2.24, 2.45) is 0 Å².